The number of likely N-dealkylation sites (tertiary alicyclic amines) is 1. The Hall–Kier alpha value is -1.59. The lowest BCUT2D eigenvalue weighted by molar-refractivity contribution is -0.149. The van der Waals surface area contributed by atoms with Gasteiger partial charge in [-0.15, -0.1) is 0 Å². The Balaban J connectivity index is 2.91. The number of carbonyl (C=O) groups is 2. The van der Waals surface area contributed by atoms with E-state index < -0.39 is 18.1 Å². The second-order valence-electron chi connectivity index (χ2n) is 5.07. The van der Waals surface area contributed by atoms with Crippen LogP contribution in [0.3, 0.4) is 0 Å². The van der Waals surface area contributed by atoms with E-state index in [1.807, 2.05) is 13.8 Å². The highest BCUT2D eigenvalue weighted by atomic mass is 16.5. The summed E-state index contributed by atoms with van der Waals surface area (Å²) in [6.07, 6.45) is 1.24. The molecule has 1 rings (SSSR count). The molecule has 19 heavy (non-hydrogen) atoms. The lowest BCUT2D eigenvalue weighted by atomic mass is 10.0. The van der Waals surface area contributed by atoms with E-state index in [9.17, 15) is 9.59 Å². The largest absolute Gasteiger partial charge is 0.484 e. The van der Waals surface area contributed by atoms with Crippen LogP contribution in [0, 0.1) is 5.92 Å². The van der Waals surface area contributed by atoms with Gasteiger partial charge in [0.15, 0.2) is 5.90 Å². The van der Waals surface area contributed by atoms with Crippen LogP contribution in [0.5, 0.6) is 0 Å². The van der Waals surface area contributed by atoms with Crippen LogP contribution in [0.2, 0.25) is 0 Å². The van der Waals surface area contributed by atoms with Crippen LogP contribution >= 0.6 is 0 Å². The molecule has 0 aromatic carbocycles. The van der Waals surface area contributed by atoms with Crippen molar-refractivity contribution in [3.63, 3.8) is 0 Å². The molecule has 1 amide bonds. The smallest absolute Gasteiger partial charge is 0.326 e. The highest BCUT2D eigenvalue weighted by Crippen LogP contribution is 2.21. The maximum Gasteiger partial charge on any atom is 0.326 e. The lowest BCUT2D eigenvalue weighted by Gasteiger charge is -2.26. The van der Waals surface area contributed by atoms with Gasteiger partial charge in [-0.2, -0.15) is 0 Å². The van der Waals surface area contributed by atoms with Crippen LogP contribution in [-0.4, -0.2) is 53.5 Å². The SMILES string of the molecule is COC(C)=NC(C(=O)N1CCCC1C(=O)O)C(C)C. The predicted octanol–water partition coefficient (Wildman–Crippen LogP) is 1.15. The first-order chi connectivity index (χ1) is 8.88. The Labute approximate surface area is 113 Å². The highest BCUT2D eigenvalue weighted by Gasteiger charge is 2.38. The Morgan fingerprint density at radius 1 is 1.42 bits per heavy atom. The number of nitrogens with zero attached hydrogens (tertiary/aromatic N) is 2. The summed E-state index contributed by atoms with van der Waals surface area (Å²) in [5, 5.41) is 9.13. The van der Waals surface area contributed by atoms with Crippen molar-refractivity contribution in [3.05, 3.63) is 0 Å². The molecule has 1 saturated heterocycles. The number of hydrogen-bond donors (Lipinski definition) is 1. The number of amides is 1. The summed E-state index contributed by atoms with van der Waals surface area (Å²) in [4.78, 5) is 29.3. The van der Waals surface area contributed by atoms with Crippen LogP contribution in [-0.2, 0) is 14.3 Å². The first-order valence-electron chi connectivity index (χ1n) is 6.50. The number of ether oxygens (including phenoxy) is 1. The average molecular weight is 270 g/mol. The van der Waals surface area contributed by atoms with Gasteiger partial charge in [0.2, 0.25) is 5.91 Å². The normalized spacial score (nSPS) is 21.6. The molecule has 1 heterocycles. The Kier molecular flexibility index (Phi) is 5.32. The molecule has 1 aliphatic rings. The summed E-state index contributed by atoms with van der Waals surface area (Å²) in [7, 11) is 1.50. The Morgan fingerprint density at radius 2 is 2.05 bits per heavy atom. The van der Waals surface area contributed by atoms with Gasteiger partial charge in [0, 0.05) is 13.5 Å². The second kappa shape index (κ2) is 6.54. The summed E-state index contributed by atoms with van der Waals surface area (Å²) >= 11 is 0. The van der Waals surface area contributed by atoms with E-state index in [0.29, 0.717) is 18.9 Å². The molecule has 0 saturated carbocycles. The van der Waals surface area contributed by atoms with Crippen molar-refractivity contribution in [3.8, 4) is 0 Å². The van der Waals surface area contributed by atoms with Gasteiger partial charge in [-0.3, -0.25) is 4.79 Å². The van der Waals surface area contributed by atoms with Crippen LogP contribution in [0.1, 0.15) is 33.6 Å². The number of aliphatic carboxylic acids is 1. The van der Waals surface area contributed by atoms with Crippen molar-refractivity contribution in [2.24, 2.45) is 10.9 Å². The fraction of sp³-hybridized carbons (Fsp3) is 0.769. The lowest BCUT2D eigenvalue weighted by Crippen LogP contribution is -2.46. The minimum atomic E-state index is -0.944. The van der Waals surface area contributed by atoms with Crippen molar-refractivity contribution in [1.29, 1.82) is 0 Å². The van der Waals surface area contributed by atoms with E-state index >= 15 is 0 Å². The molecule has 6 heteroatoms. The quantitative estimate of drug-likeness (QED) is 0.614. The van der Waals surface area contributed by atoms with Crippen LogP contribution < -0.4 is 0 Å². The molecule has 0 aliphatic carbocycles. The van der Waals surface area contributed by atoms with Crippen LogP contribution in [0.25, 0.3) is 0 Å². The van der Waals surface area contributed by atoms with Crippen LogP contribution in [0.4, 0.5) is 0 Å². The first-order valence-corrected chi connectivity index (χ1v) is 6.50. The zero-order valence-electron chi connectivity index (χ0n) is 11.9. The van der Waals surface area contributed by atoms with E-state index in [1.54, 1.807) is 6.92 Å². The van der Waals surface area contributed by atoms with Gasteiger partial charge in [-0.25, -0.2) is 9.79 Å². The summed E-state index contributed by atoms with van der Waals surface area (Å²) in [6, 6.07) is -1.30. The summed E-state index contributed by atoms with van der Waals surface area (Å²) in [5.41, 5.74) is 0. The molecule has 6 nitrogen and oxygen atoms in total. The van der Waals surface area contributed by atoms with Gasteiger partial charge in [0.05, 0.1) is 7.11 Å². The molecule has 108 valence electrons. The third-order valence-electron chi connectivity index (χ3n) is 3.32. The Morgan fingerprint density at radius 3 is 2.53 bits per heavy atom. The maximum atomic E-state index is 12.5. The molecule has 0 radical (unpaired) electrons. The van der Waals surface area contributed by atoms with Crippen molar-refractivity contribution in [2.75, 3.05) is 13.7 Å². The van der Waals surface area contributed by atoms with E-state index in [2.05, 4.69) is 4.99 Å². The summed E-state index contributed by atoms with van der Waals surface area (Å²) in [6.45, 7) is 5.95. The zero-order chi connectivity index (χ0) is 14.6. The minimum Gasteiger partial charge on any atom is -0.484 e. The molecule has 0 aromatic heterocycles. The van der Waals surface area contributed by atoms with Crippen molar-refractivity contribution < 1.29 is 19.4 Å². The number of aliphatic imine (C=N–C) groups is 1. The highest BCUT2D eigenvalue weighted by molar-refractivity contribution is 5.89. The molecule has 1 N–H and O–H groups in total. The van der Waals surface area contributed by atoms with E-state index in [0.717, 1.165) is 6.42 Å². The number of methoxy groups -OCH3 is 1. The molecule has 1 aliphatic heterocycles. The van der Waals surface area contributed by atoms with E-state index in [4.69, 9.17) is 9.84 Å². The van der Waals surface area contributed by atoms with Crippen molar-refractivity contribution >= 4 is 17.8 Å². The first kappa shape index (κ1) is 15.5. The summed E-state index contributed by atoms with van der Waals surface area (Å²) in [5.74, 6) is -0.747. The van der Waals surface area contributed by atoms with Gasteiger partial charge in [0.1, 0.15) is 12.1 Å². The Bertz CT molecular complexity index is 379. The zero-order valence-corrected chi connectivity index (χ0v) is 11.9. The van der Waals surface area contributed by atoms with Gasteiger partial charge >= 0.3 is 5.97 Å². The van der Waals surface area contributed by atoms with E-state index in [1.165, 1.54) is 12.0 Å². The fourth-order valence-electron chi connectivity index (χ4n) is 2.20. The second-order valence-corrected chi connectivity index (χ2v) is 5.07. The van der Waals surface area contributed by atoms with E-state index in [-0.39, 0.29) is 11.8 Å². The van der Waals surface area contributed by atoms with Gasteiger partial charge < -0.3 is 14.7 Å². The number of carboxylic acid groups (broad SMARTS) is 1. The van der Waals surface area contributed by atoms with Crippen LogP contribution in [0.15, 0.2) is 4.99 Å². The number of hydrogen-bond acceptors (Lipinski definition) is 4. The molecular formula is C13H22N2O4. The molecular weight excluding hydrogens is 248 g/mol. The molecule has 0 aromatic rings. The monoisotopic (exact) mass is 270 g/mol. The summed E-state index contributed by atoms with van der Waals surface area (Å²) < 4.78 is 4.98. The predicted molar refractivity (Wildman–Crippen MR) is 71.1 cm³/mol. The van der Waals surface area contributed by atoms with Gasteiger partial charge in [0.25, 0.3) is 0 Å². The third kappa shape index (κ3) is 3.68. The fourth-order valence-corrected chi connectivity index (χ4v) is 2.20. The average Bonchev–Trinajstić information content (AvgIpc) is 2.83. The third-order valence-corrected chi connectivity index (χ3v) is 3.32. The molecule has 1 fully saturated rings. The minimum absolute atomic E-state index is 0.00681. The van der Waals surface area contributed by atoms with Crippen molar-refractivity contribution in [1.82, 2.24) is 4.90 Å². The number of carbonyl (C=O) groups excluding carboxylic acids is 1. The number of rotatable bonds is 4. The van der Waals surface area contributed by atoms with Gasteiger partial charge in [-0.05, 0) is 18.8 Å². The molecule has 2 unspecified atom stereocenters. The molecule has 2 atom stereocenters. The number of carboxylic acids is 1. The van der Waals surface area contributed by atoms with Gasteiger partial charge in [-0.1, -0.05) is 13.8 Å². The molecule has 0 bridgehead atoms. The molecule has 0 spiro atoms. The topological polar surface area (TPSA) is 79.2 Å². The maximum absolute atomic E-state index is 12.5. The van der Waals surface area contributed by atoms with Crippen molar-refractivity contribution in [2.45, 2.75) is 45.7 Å². The standard InChI is InChI=1S/C13H22N2O4/c1-8(2)11(14-9(3)19-4)12(16)15-7-5-6-10(15)13(17)18/h8,10-11H,5-7H2,1-4H3,(H,17,18).